The Bertz CT molecular complexity index is 1290. The lowest BCUT2D eigenvalue weighted by Gasteiger charge is -2.11. The summed E-state index contributed by atoms with van der Waals surface area (Å²) in [5.41, 5.74) is 6.22. The van der Waals surface area contributed by atoms with Crippen LogP contribution < -0.4 is 5.32 Å². The van der Waals surface area contributed by atoms with Crippen LogP contribution in [-0.4, -0.2) is 35.2 Å². The molecule has 2 N–H and O–H groups in total. The van der Waals surface area contributed by atoms with E-state index in [1.165, 1.54) is 5.56 Å². The lowest BCUT2D eigenvalue weighted by molar-refractivity contribution is 0.881. The maximum Gasteiger partial charge on any atom is 0.180 e. The van der Waals surface area contributed by atoms with Gasteiger partial charge in [0.1, 0.15) is 5.82 Å². The molecular formula is C20H17BrN8S. The van der Waals surface area contributed by atoms with Crippen molar-refractivity contribution in [3.05, 3.63) is 63.0 Å². The summed E-state index contributed by atoms with van der Waals surface area (Å²) < 4.78 is 2.87. The summed E-state index contributed by atoms with van der Waals surface area (Å²) in [5.74, 6) is 1.59. The Hall–Kier alpha value is -3.11. The van der Waals surface area contributed by atoms with Crippen LogP contribution in [0.1, 0.15) is 18.2 Å². The molecule has 0 aliphatic carbocycles. The quantitative estimate of drug-likeness (QED) is 0.369. The van der Waals surface area contributed by atoms with Crippen molar-refractivity contribution in [2.24, 2.45) is 0 Å². The molecule has 0 saturated carbocycles. The van der Waals surface area contributed by atoms with Crippen molar-refractivity contribution in [3.8, 4) is 22.5 Å². The molecule has 0 bridgehead atoms. The van der Waals surface area contributed by atoms with E-state index in [1.54, 1.807) is 17.5 Å². The second-order valence-corrected chi connectivity index (χ2v) is 8.88. The van der Waals surface area contributed by atoms with Gasteiger partial charge in [-0.3, -0.25) is 0 Å². The number of fused-ring (bicyclic) bond motifs is 1. The first-order valence-electron chi connectivity index (χ1n) is 9.41. The van der Waals surface area contributed by atoms with Crippen LogP contribution in [0.15, 0.2) is 51.8 Å². The van der Waals surface area contributed by atoms with Gasteiger partial charge in [0.2, 0.25) is 0 Å². The number of tetrazole rings is 1. The van der Waals surface area contributed by atoms with Crippen LogP contribution in [0.3, 0.4) is 0 Å². The highest BCUT2D eigenvalue weighted by Gasteiger charge is 2.16. The second-order valence-electron chi connectivity index (χ2n) is 6.69. The highest BCUT2D eigenvalue weighted by Crippen LogP contribution is 2.41. The van der Waals surface area contributed by atoms with Crippen LogP contribution >= 0.6 is 27.3 Å². The molecule has 1 aromatic carbocycles. The minimum Gasteiger partial charge on any atom is -0.366 e. The highest BCUT2D eigenvalue weighted by atomic mass is 79.9. The van der Waals surface area contributed by atoms with Crippen molar-refractivity contribution < 1.29 is 0 Å². The van der Waals surface area contributed by atoms with E-state index in [4.69, 9.17) is 0 Å². The van der Waals surface area contributed by atoms with Gasteiger partial charge < -0.3 is 5.32 Å². The Morgan fingerprint density at radius 3 is 2.83 bits per heavy atom. The van der Waals surface area contributed by atoms with Gasteiger partial charge in [0.15, 0.2) is 11.5 Å². The summed E-state index contributed by atoms with van der Waals surface area (Å²) in [6, 6.07) is 12.4. The standard InChI is InChI=1S/C20H17BrN8S/c1-2-14-9-17(29-16(24-14)7-8-23-29)22-10-12-3-5-13(6-4-12)18-15(11-30-19(18)21)20-25-27-28-26-20/h3-9,11,22H,2,10H2,1H3,(H,25,26,27,28). The van der Waals surface area contributed by atoms with E-state index in [0.717, 1.165) is 44.1 Å². The van der Waals surface area contributed by atoms with Crippen molar-refractivity contribution in [1.29, 1.82) is 0 Å². The third kappa shape index (κ3) is 3.48. The van der Waals surface area contributed by atoms with Crippen molar-refractivity contribution in [2.45, 2.75) is 19.9 Å². The van der Waals surface area contributed by atoms with Crippen LogP contribution in [0.2, 0.25) is 0 Å². The van der Waals surface area contributed by atoms with E-state index in [0.29, 0.717) is 12.4 Å². The van der Waals surface area contributed by atoms with E-state index in [2.05, 4.69) is 89.2 Å². The number of benzene rings is 1. The van der Waals surface area contributed by atoms with Crippen LogP contribution in [0, 0.1) is 0 Å². The molecular weight excluding hydrogens is 464 g/mol. The molecule has 5 aromatic rings. The molecule has 0 amide bonds. The number of aryl methyl sites for hydroxylation is 1. The summed E-state index contributed by atoms with van der Waals surface area (Å²) in [5, 5.41) is 24.2. The number of hydrogen-bond donors (Lipinski definition) is 2. The van der Waals surface area contributed by atoms with E-state index < -0.39 is 0 Å². The monoisotopic (exact) mass is 480 g/mol. The lowest BCUT2D eigenvalue weighted by atomic mass is 10.0. The minimum atomic E-state index is 0.658. The van der Waals surface area contributed by atoms with E-state index in [-0.39, 0.29) is 0 Å². The predicted octanol–water partition coefficient (Wildman–Crippen LogP) is 4.57. The molecule has 0 radical (unpaired) electrons. The summed E-state index contributed by atoms with van der Waals surface area (Å²) in [7, 11) is 0. The first kappa shape index (κ1) is 18.9. The number of thiophene rings is 1. The van der Waals surface area contributed by atoms with Gasteiger partial charge in [-0.15, -0.1) is 16.4 Å². The van der Waals surface area contributed by atoms with E-state index in [9.17, 15) is 0 Å². The number of H-pyrrole nitrogens is 1. The maximum absolute atomic E-state index is 4.59. The third-order valence-corrected chi connectivity index (χ3v) is 6.56. The van der Waals surface area contributed by atoms with Gasteiger partial charge in [0, 0.05) is 40.9 Å². The molecule has 30 heavy (non-hydrogen) atoms. The molecule has 4 aromatic heterocycles. The molecule has 0 unspecified atom stereocenters. The average Bonchev–Trinajstić information content (AvgIpc) is 3.52. The summed E-state index contributed by atoms with van der Waals surface area (Å²) in [6.07, 6.45) is 2.64. The number of aromatic amines is 1. The van der Waals surface area contributed by atoms with Crippen LogP contribution in [-0.2, 0) is 13.0 Å². The zero-order valence-corrected chi connectivity index (χ0v) is 18.4. The largest absolute Gasteiger partial charge is 0.366 e. The first-order valence-corrected chi connectivity index (χ1v) is 11.1. The van der Waals surface area contributed by atoms with Crippen molar-refractivity contribution >= 4 is 38.7 Å². The van der Waals surface area contributed by atoms with Gasteiger partial charge in [0.25, 0.3) is 0 Å². The van der Waals surface area contributed by atoms with Crippen LogP contribution in [0.5, 0.6) is 0 Å². The lowest BCUT2D eigenvalue weighted by Crippen LogP contribution is -2.07. The Kier molecular flexibility index (Phi) is 5.01. The van der Waals surface area contributed by atoms with Crippen molar-refractivity contribution in [3.63, 3.8) is 0 Å². The second kappa shape index (κ2) is 7.96. The van der Waals surface area contributed by atoms with Crippen LogP contribution in [0.25, 0.3) is 28.2 Å². The number of nitrogens with zero attached hydrogens (tertiary/aromatic N) is 6. The Morgan fingerprint density at radius 1 is 1.20 bits per heavy atom. The molecule has 0 aliphatic heterocycles. The van der Waals surface area contributed by atoms with Gasteiger partial charge >= 0.3 is 0 Å². The number of rotatable bonds is 6. The topological polar surface area (TPSA) is 96.7 Å². The van der Waals surface area contributed by atoms with Gasteiger partial charge in [-0.25, -0.2) is 10.1 Å². The molecule has 8 nitrogen and oxygen atoms in total. The Labute approximate surface area is 184 Å². The van der Waals surface area contributed by atoms with E-state index >= 15 is 0 Å². The van der Waals surface area contributed by atoms with Crippen molar-refractivity contribution in [2.75, 3.05) is 5.32 Å². The predicted molar refractivity (Wildman–Crippen MR) is 120 cm³/mol. The SMILES string of the molecule is CCc1cc(NCc2ccc(-c3c(-c4nnn[nH]4)csc3Br)cc2)n2nccc2n1. The Morgan fingerprint density at radius 2 is 2.07 bits per heavy atom. The fourth-order valence-electron chi connectivity index (χ4n) is 3.30. The molecule has 0 spiro atoms. The molecule has 150 valence electrons. The molecule has 5 rings (SSSR count). The van der Waals surface area contributed by atoms with Crippen molar-refractivity contribution in [1.82, 2.24) is 35.2 Å². The fraction of sp³-hybridized carbons (Fsp3) is 0.150. The molecule has 10 heteroatoms. The minimum absolute atomic E-state index is 0.658. The molecule has 0 aliphatic rings. The van der Waals surface area contributed by atoms with Gasteiger partial charge in [-0.1, -0.05) is 31.2 Å². The zero-order chi connectivity index (χ0) is 20.5. The van der Waals surface area contributed by atoms with Crippen LogP contribution in [0.4, 0.5) is 5.82 Å². The number of aromatic nitrogens is 7. The maximum atomic E-state index is 4.59. The molecule has 0 fully saturated rings. The van der Waals surface area contributed by atoms with Gasteiger partial charge in [0.05, 0.1) is 9.98 Å². The first-order chi connectivity index (χ1) is 14.7. The molecule has 0 saturated heterocycles. The normalized spacial score (nSPS) is 11.3. The van der Waals surface area contributed by atoms with Gasteiger partial charge in [-0.05, 0) is 43.9 Å². The highest BCUT2D eigenvalue weighted by molar-refractivity contribution is 9.11. The Balaban J connectivity index is 1.39. The number of hydrogen-bond acceptors (Lipinski definition) is 7. The van der Waals surface area contributed by atoms with E-state index in [1.807, 2.05) is 16.0 Å². The smallest absolute Gasteiger partial charge is 0.180 e. The molecule has 4 heterocycles. The fourth-order valence-corrected chi connectivity index (χ4v) is 4.82. The zero-order valence-electron chi connectivity index (χ0n) is 16.0. The summed E-state index contributed by atoms with van der Waals surface area (Å²) in [6.45, 7) is 2.79. The molecule has 0 atom stereocenters. The number of anilines is 1. The summed E-state index contributed by atoms with van der Waals surface area (Å²) in [4.78, 5) is 4.59. The number of nitrogens with one attached hydrogen (secondary N) is 2. The van der Waals surface area contributed by atoms with Gasteiger partial charge in [-0.2, -0.15) is 9.61 Å². The third-order valence-electron chi connectivity index (χ3n) is 4.84. The average molecular weight is 481 g/mol. The number of halogens is 1. The summed E-state index contributed by atoms with van der Waals surface area (Å²) >= 11 is 5.27.